The van der Waals surface area contributed by atoms with Crippen LogP contribution in [0.5, 0.6) is 0 Å². The Balaban J connectivity index is 1.60. The van der Waals surface area contributed by atoms with Crippen molar-refractivity contribution in [1.29, 1.82) is 0 Å². The average molecular weight is 390 g/mol. The predicted molar refractivity (Wildman–Crippen MR) is 114 cm³/mol. The van der Waals surface area contributed by atoms with Crippen molar-refractivity contribution in [3.8, 4) is 0 Å². The van der Waals surface area contributed by atoms with Crippen LogP contribution in [0.25, 0.3) is 0 Å². The number of hydrogen-bond acceptors (Lipinski definition) is 6. The van der Waals surface area contributed by atoms with Crippen LogP contribution < -0.4 is 31.9 Å². The van der Waals surface area contributed by atoms with Gasteiger partial charge in [0.25, 0.3) is 0 Å². The lowest BCUT2D eigenvalue weighted by Gasteiger charge is -2.43. The first-order chi connectivity index (χ1) is 13.5. The third-order valence-corrected chi connectivity index (χ3v) is 5.64. The van der Waals surface area contributed by atoms with Crippen molar-refractivity contribution in [1.82, 2.24) is 20.9 Å². The molecule has 0 bridgehead atoms. The van der Waals surface area contributed by atoms with Gasteiger partial charge in [-0.05, 0) is 63.9 Å². The molecular weight excluding hydrogens is 354 g/mol. The minimum Gasteiger partial charge on any atom is -0.372 e. The number of anilines is 2. The fraction of sp³-hybridized carbons (Fsp3) is 0.650. The van der Waals surface area contributed by atoms with E-state index in [1.165, 1.54) is 11.3 Å². The molecule has 1 fully saturated rings. The molecule has 1 aromatic rings. The highest BCUT2D eigenvalue weighted by atomic mass is 16.2. The quantitative estimate of drug-likeness (QED) is 0.499. The topological polar surface area (TPSA) is 97.7 Å². The molecule has 156 valence electrons. The number of hydrogen-bond donors (Lipinski definition) is 5. The second-order valence-electron chi connectivity index (χ2n) is 7.76. The third kappa shape index (κ3) is 4.94. The van der Waals surface area contributed by atoms with Gasteiger partial charge in [-0.3, -0.25) is 10.2 Å². The molecule has 28 heavy (non-hydrogen) atoms. The molecule has 0 aliphatic carbocycles. The van der Waals surface area contributed by atoms with Crippen molar-refractivity contribution in [3.63, 3.8) is 0 Å². The van der Waals surface area contributed by atoms with Crippen LogP contribution in [-0.4, -0.2) is 62.7 Å². The van der Waals surface area contributed by atoms with E-state index in [0.717, 1.165) is 44.6 Å². The highest BCUT2D eigenvalue weighted by molar-refractivity contribution is 5.90. The lowest BCUT2D eigenvalue weighted by molar-refractivity contribution is 0.0454. The third-order valence-electron chi connectivity index (χ3n) is 5.64. The van der Waals surface area contributed by atoms with Gasteiger partial charge in [0, 0.05) is 43.6 Å². The number of carbonyl (C=O) groups is 1. The van der Waals surface area contributed by atoms with Crippen molar-refractivity contribution >= 4 is 17.4 Å². The summed E-state index contributed by atoms with van der Waals surface area (Å²) >= 11 is 0. The fourth-order valence-corrected chi connectivity index (χ4v) is 4.13. The van der Waals surface area contributed by atoms with E-state index in [1.54, 1.807) is 0 Å². The Morgan fingerprint density at radius 3 is 2.96 bits per heavy atom. The smallest absolute Gasteiger partial charge is 0.321 e. The first-order valence-electron chi connectivity index (χ1n) is 10.4. The fourth-order valence-electron chi connectivity index (χ4n) is 4.13. The molecule has 3 rings (SSSR count). The van der Waals surface area contributed by atoms with Crippen molar-refractivity contribution in [3.05, 3.63) is 23.8 Å². The average Bonchev–Trinajstić information content (AvgIpc) is 2.68. The highest BCUT2D eigenvalue weighted by Gasteiger charge is 2.31. The van der Waals surface area contributed by atoms with Gasteiger partial charge in [-0.15, -0.1) is 0 Å². The predicted octanol–water partition coefficient (Wildman–Crippen LogP) is 1.05. The van der Waals surface area contributed by atoms with E-state index in [9.17, 15) is 4.79 Å². The Morgan fingerprint density at radius 1 is 1.39 bits per heavy atom. The molecule has 1 saturated heterocycles. The van der Waals surface area contributed by atoms with E-state index in [4.69, 9.17) is 5.73 Å². The Kier molecular flexibility index (Phi) is 7.12. The van der Waals surface area contributed by atoms with Gasteiger partial charge in [0.15, 0.2) is 0 Å². The van der Waals surface area contributed by atoms with Gasteiger partial charge in [-0.25, -0.2) is 4.79 Å². The second kappa shape index (κ2) is 9.56. The largest absolute Gasteiger partial charge is 0.372 e. The monoisotopic (exact) mass is 389 g/mol. The van der Waals surface area contributed by atoms with Crippen LogP contribution in [0.3, 0.4) is 0 Å². The molecule has 0 spiro atoms. The number of carbonyl (C=O) groups excluding carboxylic acids is 1. The van der Waals surface area contributed by atoms with E-state index in [-0.39, 0.29) is 18.5 Å². The summed E-state index contributed by atoms with van der Waals surface area (Å²) in [6, 6.07) is 6.29. The lowest BCUT2D eigenvalue weighted by atomic mass is 10.0. The van der Waals surface area contributed by atoms with E-state index >= 15 is 0 Å². The number of urea groups is 1. The Labute approximate surface area is 168 Å². The summed E-state index contributed by atoms with van der Waals surface area (Å²) in [5.41, 5.74) is 9.04. The van der Waals surface area contributed by atoms with Crippen molar-refractivity contribution in [2.24, 2.45) is 5.73 Å². The van der Waals surface area contributed by atoms with Crippen LogP contribution in [-0.2, 0) is 6.42 Å². The summed E-state index contributed by atoms with van der Waals surface area (Å²) in [5.74, 6) is 0. The minimum atomic E-state index is -0.243. The molecule has 6 N–H and O–H groups in total. The van der Waals surface area contributed by atoms with Crippen LogP contribution in [0.1, 0.15) is 32.3 Å². The van der Waals surface area contributed by atoms with Gasteiger partial charge in [-0.2, -0.15) is 0 Å². The van der Waals surface area contributed by atoms with Gasteiger partial charge in [0.2, 0.25) is 0 Å². The number of rotatable bonds is 6. The van der Waals surface area contributed by atoms with E-state index in [2.05, 4.69) is 57.0 Å². The standard InChI is InChI=1S/C20H35N7O/c1-4-27-11-5-6-15-13-16(7-8-17(15)27)24-20(28)25-19-23-14(2)12-18(26(19)3)22-10-9-21/h7-8,13-14,18-19,22-23H,4-6,9-12,21H2,1-3H3,(H2,24,25,28). The molecule has 0 radical (unpaired) electrons. The van der Waals surface area contributed by atoms with Crippen LogP contribution >= 0.6 is 0 Å². The number of fused-ring (bicyclic) bond motifs is 1. The van der Waals surface area contributed by atoms with Gasteiger partial charge >= 0.3 is 6.03 Å². The normalized spacial score (nSPS) is 25.3. The summed E-state index contributed by atoms with van der Waals surface area (Å²) < 4.78 is 0. The first-order valence-corrected chi connectivity index (χ1v) is 10.4. The molecule has 2 aliphatic heterocycles. The number of nitrogens with two attached hydrogens (primary N) is 1. The van der Waals surface area contributed by atoms with Gasteiger partial charge < -0.3 is 26.6 Å². The molecule has 1 aromatic carbocycles. The van der Waals surface area contributed by atoms with E-state index in [1.807, 2.05) is 13.1 Å². The maximum absolute atomic E-state index is 12.6. The van der Waals surface area contributed by atoms with Crippen LogP contribution in [0.2, 0.25) is 0 Å². The van der Waals surface area contributed by atoms with Crippen molar-refractivity contribution < 1.29 is 4.79 Å². The van der Waals surface area contributed by atoms with E-state index in [0.29, 0.717) is 12.6 Å². The summed E-state index contributed by atoms with van der Waals surface area (Å²) in [6.07, 6.45) is 3.10. The second-order valence-corrected chi connectivity index (χ2v) is 7.76. The van der Waals surface area contributed by atoms with Crippen molar-refractivity contribution in [2.75, 3.05) is 43.4 Å². The van der Waals surface area contributed by atoms with Crippen LogP contribution in [0, 0.1) is 0 Å². The summed E-state index contributed by atoms with van der Waals surface area (Å²) in [5, 5.41) is 12.9. The van der Waals surface area contributed by atoms with Crippen LogP contribution in [0.4, 0.5) is 16.2 Å². The first kappa shape index (κ1) is 20.9. The van der Waals surface area contributed by atoms with E-state index < -0.39 is 0 Å². The maximum atomic E-state index is 12.6. The molecule has 0 aromatic heterocycles. The minimum absolute atomic E-state index is 0.175. The Hall–Kier alpha value is -1.87. The maximum Gasteiger partial charge on any atom is 0.321 e. The number of amides is 2. The van der Waals surface area contributed by atoms with Gasteiger partial charge in [0.05, 0.1) is 6.17 Å². The molecule has 2 heterocycles. The molecular formula is C20H35N7O. The number of benzene rings is 1. The summed E-state index contributed by atoms with van der Waals surface area (Å²) in [4.78, 5) is 17.1. The Morgan fingerprint density at radius 2 is 2.21 bits per heavy atom. The summed E-state index contributed by atoms with van der Waals surface area (Å²) in [6.45, 7) is 7.77. The number of aryl methyl sites for hydroxylation is 1. The lowest BCUT2D eigenvalue weighted by Crippen LogP contribution is -2.68. The molecule has 2 aliphatic rings. The zero-order chi connectivity index (χ0) is 20.1. The number of nitrogens with zero attached hydrogens (tertiary/aromatic N) is 2. The van der Waals surface area contributed by atoms with Gasteiger partial charge in [-0.1, -0.05) is 0 Å². The molecule has 8 heteroatoms. The highest BCUT2D eigenvalue weighted by Crippen LogP contribution is 2.29. The molecule has 0 saturated carbocycles. The zero-order valence-electron chi connectivity index (χ0n) is 17.3. The van der Waals surface area contributed by atoms with Crippen LogP contribution in [0.15, 0.2) is 18.2 Å². The zero-order valence-corrected chi connectivity index (χ0v) is 17.3. The number of nitrogens with one attached hydrogen (secondary N) is 4. The van der Waals surface area contributed by atoms with Gasteiger partial charge in [0.1, 0.15) is 6.29 Å². The molecule has 2 amide bonds. The molecule has 8 nitrogen and oxygen atoms in total. The molecule has 3 atom stereocenters. The van der Waals surface area contributed by atoms with Crippen molar-refractivity contribution in [2.45, 2.75) is 51.6 Å². The summed E-state index contributed by atoms with van der Waals surface area (Å²) in [7, 11) is 2.00. The Bertz CT molecular complexity index is 668. The SMILES string of the molecule is CCN1CCCc2cc(NC(=O)NC3NC(C)CC(NCCN)N3C)ccc21. The molecule has 3 unspecified atom stereocenters.